The average molecular weight is 195 g/mol. The van der Waals surface area contributed by atoms with Gasteiger partial charge in [0, 0.05) is 0 Å². The van der Waals surface area contributed by atoms with E-state index in [4.69, 9.17) is 0 Å². The highest BCUT2D eigenvalue weighted by Gasteiger charge is 2.04. The van der Waals surface area contributed by atoms with Crippen LogP contribution in [-0.2, 0) is 6.42 Å². The van der Waals surface area contributed by atoms with Crippen LogP contribution in [0.1, 0.15) is 25.3 Å². The second kappa shape index (κ2) is 5.21. The van der Waals surface area contributed by atoms with Crippen LogP contribution in [0.5, 0.6) is 5.75 Å². The number of benzene rings is 1. The van der Waals surface area contributed by atoms with Gasteiger partial charge in [-0.3, -0.25) is 4.84 Å². The molecule has 0 aliphatic heterocycles. The summed E-state index contributed by atoms with van der Waals surface area (Å²) in [5.41, 5.74) is 0.894. The van der Waals surface area contributed by atoms with Crippen LogP contribution < -0.4 is 4.84 Å². The number of nitrogens with zero attached hydrogens (tertiary/aromatic N) is 1. The van der Waals surface area contributed by atoms with Gasteiger partial charge in [0.25, 0.3) is 5.09 Å². The van der Waals surface area contributed by atoms with E-state index in [2.05, 4.69) is 11.8 Å². The molecule has 1 rings (SSSR count). The summed E-state index contributed by atoms with van der Waals surface area (Å²) in [6.07, 6.45) is 2.89. The van der Waals surface area contributed by atoms with Crippen LogP contribution in [0.2, 0.25) is 0 Å². The molecule has 0 aliphatic rings. The topological polar surface area (TPSA) is 52.4 Å². The van der Waals surface area contributed by atoms with E-state index < -0.39 is 5.09 Å². The molecule has 0 saturated heterocycles. The summed E-state index contributed by atoms with van der Waals surface area (Å²) < 4.78 is 0. The quantitative estimate of drug-likeness (QED) is 0.536. The summed E-state index contributed by atoms with van der Waals surface area (Å²) in [7, 11) is 0. The minimum Gasteiger partial charge on any atom is -0.276 e. The molecule has 0 spiro atoms. The molecule has 0 N–H and O–H groups in total. The van der Waals surface area contributed by atoms with Crippen LogP contribution in [0.3, 0.4) is 0 Å². The molecule has 0 fully saturated rings. The van der Waals surface area contributed by atoms with E-state index in [1.54, 1.807) is 12.1 Å². The molecule has 0 radical (unpaired) electrons. The van der Waals surface area contributed by atoms with Crippen molar-refractivity contribution in [2.24, 2.45) is 0 Å². The largest absolute Gasteiger partial charge is 0.299 e. The Kier molecular flexibility index (Phi) is 3.91. The molecule has 1 aromatic rings. The van der Waals surface area contributed by atoms with E-state index in [-0.39, 0.29) is 0 Å². The first kappa shape index (κ1) is 10.5. The van der Waals surface area contributed by atoms with E-state index in [1.807, 2.05) is 12.1 Å². The first-order chi connectivity index (χ1) is 6.74. The van der Waals surface area contributed by atoms with Crippen LogP contribution in [0, 0.1) is 10.1 Å². The second-order valence-corrected chi connectivity index (χ2v) is 3.03. The normalized spacial score (nSPS) is 9.79. The SMILES string of the molecule is CCCCc1ccccc1O[N+](=O)[O-]. The number of para-hydroxylation sites is 1. The molecule has 4 nitrogen and oxygen atoms in total. The summed E-state index contributed by atoms with van der Waals surface area (Å²) >= 11 is 0. The van der Waals surface area contributed by atoms with Crippen molar-refractivity contribution in [3.8, 4) is 5.75 Å². The first-order valence-electron chi connectivity index (χ1n) is 4.64. The first-order valence-corrected chi connectivity index (χ1v) is 4.64. The van der Waals surface area contributed by atoms with Gasteiger partial charge in [-0.2, -0.15) is 0 Å². The van der Waals surface area contributed by atoms with E-state index in [9.17, 15) is 10.1 Å². The number of aryl methyl sites for hydroxylation is 1. The summed E-state index contributed by atoms with van der Waals surface area (Å²) in [4.78, 5) is 14.6. The molecule has 0 unspecified atom stereocenters. The molecule has 0 saturated carbocycles. The van der Waals surface area contributed by atoms with Gasteiger partial charge >= 0.3 is 0 Å². The Bertz CT molecular complexity index is 312. The van der Waals surface area contributed by atoms with Crippen LogP contribution in [0.15, 0.2) is 24.3 Å². The Morgan fingerprint density at radius 2 is 2.14 bits per heavy atom. The van der Waals surface area contributed by atoms with Gasteiger partial charge in [-0.25, -0.2) is 0 Å². The molecular formula is C10H13NO3. The lowest BCUT2D eigenvalue weighted by Gasteiger charge is -2.05. The maximum atomic E-state index is 10.2. The Labute approximate surface area is 82.6 Å². The molecule has 14 heavy (non-hydrogen) atoms. The molecule has 0 aromatic heterocycles. The third-order valence-corrected chi connectivity index (χ3v) is 1.95. The molecule has 76 valence electrons. The van der Waals surface area contributed by atoms with Crippen molar-refractivity contribution in [3.63, 3.8) is 0 Å². The minimum absolute atomic E-state index is 0.353. The lowest BCUT2D eigenvalue weighted by atomic mass is 10.1. The van der Waals surface area contributed by atoms with Crippen molar-refractivity contribution in [2.75, 3.05) is 0 Å². The van der Waals surface area contributed by atoms with E-state index in [0.717, 1.165) is 24.8 Å². The van der Waals surface area contributed by atoms with Crippen LogP contribution in [-0.4, -0.2) is 5.09 Å². The van der Waals surface area contributed by atoms with Gasteiger partial charge in [0.05, 0.1) is 0 Å². The van der Waals surface area contributed by atoms with Gasteiger partial charge in [-0.15, -0.1) is 10.1 Å². The molecule has 0 heterocycles. The van der Waals surface area contributed by atoms with Crippen LogP contribution >= 0.6 is 0 Å². The highest BCUT2D eigenvalue weighted by atomic mass is 17.0. The van der Waals surface area contributed by atoms with Crippen molar-refractivity contribution < 1.29 is 9.92 Å². The van der Waals surface area contributed by atoms with E-state index in [0.29, 0.717) is 5.75 Å². The van der Waals surface area contributed by atoms with Crippen LogP contribution in [0.4, 0.5) is 0 Å². The molecule has 4 heteroatoms. The molecule has 0 amide bonds. The van der Waals surface area contributed by atoms with Gasteiger partial charge in [-0.05, 0) is 24.5 Å². The maximum Gasteiger partial charge on any atom is 0.299 e. The van der Waals surface area contributed by atoms with Crippen molar-refractivity contribution in [3.05, 3.63) is 39.9 Å². The average Bonchev–Trinajstić information content (AvgIpc) is 2.16. The monoisotopic (exact) mass is 195 g/mol. The van der Waals surface area contributed by atoms with Crippen molar-refractivity contribution in [1.82, 2.24) is 0 Å². The predicted molar refractivity (Wildman–Crippen MR) is 52.7 cm³/mol. The van der Waals surface area contributed by atoms with Gasteiger partial charge in [0.15, 0.2) is 0 Å². The second-order valence-electron chi connectivity index (χ2n) is 3.03. The fourth-order valence-electron chi connectivity index (χ4n) is 1.25. The molecular weight excluding hydrogens is 182 g/mol. The van der Waals surface area contributed by atoms with E-state index >= 15 is 0 Å². The molecule has 0 bridgehead atoms. The zero-order valence-corrected chi connectivity index (χ0v) is 8.10. The highest BCUT2D eigenvalue weighted by molar-refractivity contribution is 5.32. The number of hydrogen-bond donors (Lipinski definition) is 0. The molecule has 0 atom stereocenters. The predicted octanol–water partition coefficient (Wildman–Crippen LogP) is 2.60. The van der Waals surface area contributed by atoms with Gasteiger partial charge in [0.1, 0.15) is 5.75 Å². The summed E-state index contributed by atoms with van der Waals surface area (Å²) in [6.45, 7) is 2.08. The highest BCUT2D eigenvalue weighted by Crippen LogP contribution is 2.19. The van der Waals surface area contributed by atoms with Crippen molar-refractivity contribution >= 4 is 0 Å². The minimum atomic E-state index is -0.773. The lowest BCUT2D eigenvalue weighted by molar-refractivity contribution is -0.711. The Balaban J connectivity index is 2.74. The Morgan fingerprint density at radius 1 is 1.43 bits per heavy atom. The third-order valence-electron chi connectivity index (χ3n) is 1.95. The van der Waals surface area contributed by atoms with Gasteiger partial charge in [0.2, 0.25) is 0 Å². The van der Waals surface area contributed by atoms with Crippen molar-refractivity contribution in [2.45, 2.75) is 26.2 Å². The Morgan fingerprint density at radius 3 is 2.79 bits per heavy atom. The van der Waals surface area contributed by atoms with Gasteiger partial charge in [-0.1, -0.05) is 31.5 Å². The fraction of sp³-hybridized carbons (Fsp3) is 0.400. The number of rotatable bonds is 5. The third kappa shape index (κ3) is 3.05. The Hall–Kier alpha value is -1.58. The maximum absolute atomic E-state index is 10.2. The van der Waals surface area contributed by atoms with Crippen molar-refractivity contribution in [1.29, 1.82) is 0 Å². The molecule has 0 aliphatic carbocycles. The summed E-state index contributed by atoms with van der Waals surface area (Å²) in [5.74, 6) is 0.353. The fourth-order valence-corrected chi connectivity index (χ4v) is 1.25. The summed E-state index contributed by atoms with van der Waals surface area (Å²) in [6, 6.07) is 7.06. The smallest absolute Gasteiger partial charge is 0.276 e. The summed E-state index contributed by atoms with van der Waals surface area (Å²) in [5, 5.41) is 9.41. The van der Waals surface area contributed by atoms with Gasteiger partial charge < -0.3 is 0 Å². The lowest BCUT2D eigenvalue weighted by Crippen LogP contribution is -2.05. The zero-order valence-electron chi connectivity index (χ0n) is 8.10. The molecule has 1 aromatic carbocycles. The number of unbranched alkanes of at least 4 members (excludes halogenated alkanes) is 1. The number of hydrogen-bond acceptors (Lipinski definition) is 3. The standard InChI is InChI=1S/C10H13NO3/c1-2-3-6-9-7-4-5-8-10(9)14-11(12)13/h4-5,7-8H,2-3,6H2,1H3. The zero-order chi connectivity index (χ0) is 10.4. The van der Waals surface area contributed by atoms with E-state index in [1.165, 1.54) is 0 Å². The van der Waals surface area contributed by atoms with Crippen LogP contribution in [0.25, 0.3) is 0 Å².